The van der Waals surface area contributed by atoms with Crippen LogP contribution in [0.15, 0.2) is 18.2 Å². The second-order valence-corrected chi connectivity index (χ2v) is 4.79. The van der Waals surface area contributed by atoms with Crippen LogP contribution in [0, 0.1) is 5.41 Å². The van der Waals surface area contributed by atoms with Crippen molar-refractivity contribution in [3.8, 4) is 5.75 Å². The molecule has 2 N–H and O–H groups in total. The molecule has 1 unspecified atom stereocenters. The number of benzene rings is 1. The molecule has 6 heteroatoms. The van der Waals surface area contributed by atoms with E-state index in [9.17, 15) is 14.7 Å². The van der Waals surface area contributed by atoms with Gasteiger partial charge in [0.05, 0.1) is 7.11 Å². The molecule has 0 saturated carbocycles. The monoisotopic (exact) mass is 285 g/mol. The first kappa shape index (κ1) is 15.3. The number of halogens is 1. The van der Waals surface area contributed by atoms with E-state index in [2.05, 4.69) is 5.32 Å². The topological polar surface area (TPSA) is 75.6 Å². The van der Waals surface area contributed by atoms with Crippen molar-refractivity contribution in [2.75, 3.05) is 14.2 Å². The second kappa shape index (κ2) is 5.93. The van der Waals surface area contributed by atoms with E-state index < -0.39 is 17.3 Å². The Bertz CT molecular complexity index is 503. The van der Waals surface area contributed by atoms with E-state index in [0.29, 0.717) is 16.3 Å². The molecular formula is C13H16ClNO4. The van der Waals surface area contributed by atoms with Crippen molar-refractivity contribution in [1.82, 2.24) is 5.32 Å². The van der Waals surface area contributed by atoms with Gasteiger partial charge in [0.15, 0.2) is 0 Å². The van der Waals surface area contributed by atoms with Gasteiger partial charge in [0, 0.05) is 18.5 Å². The summed E-state index contributed by atoms with van der Waals surface area (Å²) in [4.78, 5) is 23.2. The molecule has 1 rings (SSSR count). The predicted molar refractivity (Wildman–Crippen MR) is 71.5 cm³/mol. The summed E-state index contributed by atoms with van der Waals surface area (Å²) in [6, 6.07) is 4.89. The fourth-order valence-electron chi connectivity index (χ4n) is 1.80. The lowest BCUT2D eigenvalue weighted by Gasteiger charge is -2.23. The maximum atomic E-state index is 11.8. The number of aliphatic carboxylic acids is 1. The highest BCUT2D eigenvalue weighted by molar-refractivity contribution is 6.30. The van der Waals surface area contributed by atoms with Gasteiger partial charge in [-0.05, 0) is 30.7 Å². The molecule has 0 saturated heterocycles. The van der Waals surface area contributed by atoms with Crippen molar-refractivity contribution < 1.29 is 19.4 Å². The van der Waals surface area contributed by atoms with E-state index in [4.69, 9.17) is 16.3 Å². The SMILES string of the molecule is CNC(=O)C(C)(Cc1cc(Cl)ccc1OC)C(=O)O. The number of hydrogen-bond donors (Lipinski definition) is 2. The van der Waals surface area contributed by atoms with Crippen molar-refractivity contribution in [1.29, 1.82) is 0 Å². The van der Waals surface area contributed by atoms with Crippen molar-refractivity contribution in [3.63, 3.8) is 0 Å². The molecule has 0 fully saturated rings. The number of rotatable bonds is 5. The third-order valence-electron chi connectivity index (χ3n) is 2.99. The van der Waals surface area contributed by atoms with Crippen LogP contribution in [0.25, 0.3) is 0 Å². The molecule has 1 aromatic carbocycles. The molecule has 0 aliphatic heterocycles. The zero-order valence-corrected chi connectivity index (χ0v) is 11.7. The number of hydrogen-bond acceptors (Lipinski definition) is 3. The Morgan fingerprint density at radius 2 is 2.11 bits per heavy atom. The fourth-order valence-corrected chi connectivity index (χ4v) is 1.99. The largest absolute Gasteiger partial charge is 0.496 e. The van der Waals surface area contributed by atoms with Gasteiger partial charge in [-0.2, -0.15) is 0 Å². The normalized spacial score (nSPS) is 13.5. The van der Waals surface area contributed by atoms with Gasteiger partial charge in [0.25, 0.3) is 0 Å². The Morgan fingerprint density at radius 1 is 1.47 bits per heavy atom. The Kier molecular flexibility index (Phi) is 4.78. The number of ether oxygens (including phenoxy) is 1. The minimum atomic E-state index is -1.58. The van der Waals surface area contributed by atoms with Crippen LogP contribution in [0.5, 0.6) is 5.75 Å². The summed E-state index contributed by atoms with van der Waals surface area (Å²) in [6.45, 7) is 1.37. The van der Waals surface area contributed by atoms with Crippen LogP contribution in [-0.2, 0) is 16.0 Å². The average Bonchev–Trinajstić information content (AvgIpc) is 2.37. The van der Waals surface area contributed by atoms with Crippen molar-refractivity contribution in [2.45, 2.75) is 13.3 Å². The van der Waals surface area contributed by atoms with Gasteiger partial charge in [-0.15, -0.1) is 0 Å². The van der Waals surface area contributed by atoms with Gasteiger partial charge < -0.3 is 15.2 Å². The number of methoxy groups -OCH3 is 1. The van der Waals surface area contributed by atoms with E-state index in [-0.39, 0.29) is 6.42 Å². The van der Waals surface area contributed by atoms with Crippen molar-refractivity contribution in [2.24, 2.45) is 5.41 Å². The average molecular weight is 286 g/mol. The quantitative estimate of drug-likeness (QED) is 0.808. The van der Waals surface area contributed by atoms with Crippen molar-refractivity contribution in [3.05, 3.63) is 28.8 Å². The lowest BCUT2D eigenvalue weighted by molar-refractivity contribution is -0.154. The maximum absolute atomic E-state index is 11.8. The summed E-state index contributed by atoms with van der Waals surface area (Å²) in [7, 11) is 2.88. The minimum absolute atomic E-state index is 0.00819. The lowest BCUT2D eigenvalue weighted by Crippen LogP contribution is -2.44. The molecule has 0 aliphatic carbocycles. The van der Waals surface area contributed by atoms with Crippen LogP contribution in [0.4, 0.5) is 0 Å². The molecule has 104 valence electrons. The first-order chi connectivity index (χ1) is 8.85. The molecule has 0 spiro atoms. The highest BCUT2D eigenvalue weighted by Crippen LogP contribution is 2.30. The minimum Gasteiger partial charge on any atom is -0.496 e. The maximum Gasteiger partial charge on any atom is 0.319 e. The standard InChI is InChI=1S/C13H16ClNO4/c1-13(12(17)18,11(16)15-2)7-8-6-9(14)4-5-10(8)19-3/h4-6H,7H2,1-3H3,(H,15,16)(H,17,18). The van der Waals surface area contributed by atoms with E-state index in [1.807, 2.05) is 0 Å². The Balaban J connectivity index is 3.20. The molecule has 0 aliphatic rings. The molecule has 0 heterocycles. The van der Waals surface area contributed by atoms with Gasteiger partial charge in [-0.3, -0.25) is 9.59 Å². The van der Waals surface area contributed by atoms with Gasteiger partial charge >= 0.3 is 5.97 Å². The van der Waals surface area contributed by atoms with Crippen LogP contribution < -0.4 is 10.1 Å². The fraction of sp³-hybridized carbons (Fsp3) is 0.385. The van der Waals surface area contributed by atoms with Crippen LogP contribution in [0.2, 0.25) is 5.02 Å². The van der Waals surface area contributed by atoms with Crippen LogP contribution in [0.3, 0.4) is 0 Å². The molecule has 0 aromatic heterocycles. The number of amides is 1. The molecule has 0 bridgehead atoms. The smallest absolute Gasteiger partial charge is 0.319 e. The molecule has 1 atom stereocenters. The molecule has 5 nitrogen and oxygen atoms in total. The van der Waals surface area contributed by atoms with Crippen LogP contribution in [-0.4, -0.2) is 31.1 Å². The summed E-state index contributed by atoms with van der Waals surface area (Å²) in [6.07, 6.45) is -0.00819. The van der Waals surface area contributed by atoms with E-state index >= 15 is 0 Å². The number of carbonyl (C=O) groups is 2. The summed E-state index contributed by atoms with van der Waals surface area (Å²) >= 11 is 5.89. The summed E-state index contributed by atoms with van der Waals surface area (Å²) in [5.41, 5.74) is -1.00. The Morgan fingerprint density at radius 3 is 2.58 bits per heavy atom. The van der Waals surface area contributed by atoms with Gasteiger partial charge in [-0.1, -0.05) is 11.6 Å². The molecule has 0 radical (unpaired) electrons. The Labute approximate surface area is 116 Å². The lowest BCUT2D eigenvalue weighted by atomic mass is 9.82. The van der Waals surface area contributed by atoms with Crippen LogP contribution >= 0.6 is 11.6 Å². The Hall–Kier alpha value is -1.75. The first-order valence-corrected chi connectivity index (χ1v) is 6.01. The molecule has 19 heavy (non-hydrogen) atoms. The predicted octanol–water partition coefficient (Wildman–Crippen LogP) is 1.73. The van der Waals surface area contributed by atoms with E-state index in [0.717, 1.165) is 0 Å². The third-order valence-corrected chi connectivity index (χ3v) is 3.22. The number of carboxylic acids is 1. The van der Waals surface area contributed by atoms with Crippen molar-refractivity contribution >= 4 is 23.5 Å². The summed E-state index contributed by atoms with van der Waals surface area (Å²) in [5, 5.41) is 12.1. The first-order valence-electron chi connectivity index (χ1n) is 5.63. The number of carboxylic acid groups (broad SMARTS) is 1. The molecule has 1 amide bonds. The second-order valence-electron chi connectivity index (χ2n) is 4.35. The van der Waals surface area contributed by atoms with Gasteiger partial charge in [-0.25, -0.2) is 0 Å². The van der Waals surface area contributed by atoms with E-state index in [1.165, 1.54) is 21.1 Å². The third kappa shape index (κ3) is 3.17. The van der Waals surface area contributed by atoms with E-state index in [1.54, 1.807) is 18.2 Å². The highest BCUT2D eigenvalue weighted by Gasteiger charge is 2.41. The zero-order chi connectivity index (χ0) is 14.6. The number of nitrogens with one attached hydrogen (secondary N) is 1. The molecule has 1 aromatic rings. The zero-order valence-electron chi connectivity index (χ0n) is 11.0. The molecular weight excluding hydrogens is 270 g/mol. The number of carbonyl (C=O) groups excluding carboxylic acids is 1. The summed E-state index contributed by atoms with van der Waals surface area (Å²) < 4.78 is 5.16. The van der Waals surface area contributed by atoms with Crippen LogP contribution in [0.1, 0.15) is 12.5 Å². The van der Waals surface area contributed by atoms with Gasteiger partial charge in [0.2, 0.25) is 5.91 Å². The van der Waals surface area contributed by atoms with Gasteiger partial charge in [0.1, 0.15) is 11.2 Å². The highest BCUT2D eigenvalue weighted by atomic mass is 35.5. The summed E-state index contributed by atoms with van der Waals surface area (Å²) in [5.74, 6) is -1.27.